The highest BCUT2D eigenvalue weighted by atomic mass is 79.9. The first-order valence-corrected chi connectivity index (χ1v) is 7.35. The third-order valence-electron chi connectivity index (χ3n) is 3.19. The van der Waals surface area contributed by atoms with Gasteiger partial charge in [0.15, 0.2) is 0 Å². The van der Waals surface area contributed by atoms with Crippen molar-refractivity contribution < 1.29 is 9.53 Å². The first kappa shape index (κ1) is 16.2. The largest absolute Gasteiger partial charge is 0.465 e. The lowest BCUT2D eigenvalue weighted by Gasteiger charge is -2.26. The van der Waals surface area contributed by atoms with Gasteiger partial charge in [-0.2, -0.15) is 5.10 Å². The van der Waals surface area contributed by atoms with Gasteiger partial charge in [-0.25, -0.2) is 0 Å². The Morgan fingerprint density at radius 1 is 1.58 bits per heavy atom. The second-order valence-electron chi connectivity index (χ2n) is 4.68. The molecule has 1 atom stereocenters. The highest BCUT2D eigenvalue weighted by molar-refractivity contribution is 9.10. The monoisotopic (exact) mass is 331 g/mol. The molecule has 0 aliphatic heterocycles. The van der Waals surface area contributed by atoms with Crippen LogP contribution in [-0.2, 0) is 16.1 Å². The quantitative estimate of drug-likeness (QED) is 0.586. The summed E-state index contributed by atoms with van der Waals surface area (Å²) in [5.41, 5.74) is -0.597. The second kappa shape index (κ2) is 7.65. The van der Waals surface area contributed by atoms with Crippen LogP contribution >= 0.6 is 15.9 Å². The van der Waals surface area contributed by atoms with Gasteiger partial charge in [-0.1, -0.05) is 0 Å². The lowest BCUT2D eigenvalue weighted by Crippen LogP contribution is -2.48. The highest BCUT2D eigenvalue weighted by Crippen LogP contribution is 2.16. The SMILES string of the molecule is CCOC(=O)C(C)(CCCCn1cc(Br)cn1)NC. The topological polar surface area (TPSA) is 56.2 Å². The van der Waals surface area contributed by atoms with E-state index in [1.807, 2.05) is 24.7 Å². The van der Waals surface area contributed by atoms with Gasteiger partial charge in [-0.15, -0.1) is 0 Å². The van der Waals surface area contributed by atoms with Gasteiger partial charge in [0.2, 0.25) is 0 Å². The van der Waals surface area contributed by atoms with Crippen LogP contribution in [0.15, 0.2) is 16.9 Å². The van der Waals surface area contributed by atoms with Crippen molar-refractivity contribution in [1.29, 1.82) is 0 Å². The number of nitrogens with one attached hydrogen (secondary N) is 1. The van der Waals surface area contributed by atoms with Crippen LogP contribution in [0.5, 0.6) is 0 Å². The van der Waals surface area contributed by atoms with Gasteiger partial charge in [-0.3, -0.25) is 9.48 Å². The maximum absolute atomic E-state index is 11.9. The van der Waals surface area contributed by atoms with Crippen LogP contribution < -0.4 is 5.32 Å². The molecule has 1 rings (SSSR count). The van der Waals surface area contributed by atoms with Crippen LogP contribution in [0.25, 0.3) is 0 Å². The number of unbranched alkanes of at least 4 members (excludes halogenated alkanes) is 1. The van der Waals surface area contributed by atoms with Gasteiger partial charge in [0.25, 0.3) is 0 Å². The number of halogens is 1. The fourth-order valence-electron chi connectivity index (χ4n) is 1.83. The minimum Gasteiger partial charge on any atom is -0.465 e. The second-order valence-corrected chi connectivity index (χ2v) is 5.60. The van der Waals surface area contributed by atoms with E-state index in [0.29, 0.717) is 6.61 Å². The fourth-order valence-corrected chi connectivity index (χ4v) is 2.16. The van der Waals surface area contributed by atoms with Crippen molar-refractivity contribution in [2.45, 2.75) is 45.2 Å². The zero-order chi connectivity index (χ0) is 14.3. The molecular formula is C13H22BrN3O2. The number of aromatic nitrogens is 2. The van der Waals surface area contributed by atoms with Gasteiger partial charge >= 0.3 is 5.97 Å². The molecule has 0 saturated heterocycles. The molecule has 6 heteroatoms. The molecule has 0 fully saturated rings. The Morgan fingerprint density at radius 2 is 2.32 bits per heavy atom. The number of hydrogen-bond donors (Lipinski definition) is 1. The van der Waals surface area contributed by atoms with Crippen molar-refractivity contribution in [3.05, 3.63) is 16.9 Å². The molecule has 19 heavy (non-hydrogen) atoms. The number of esters is 1. The zero-order valence-electron chi connectivity index (χ0n) is 11.8. The van der Waals surface area contributed by atoms with E-state index in [1.54, 1.807) is 13.2 Å². The van der Waals surface area contributed by atoms with Crippen LogP contribution in [0.2, 0.25) is 0 Å². The molecule has 1 unspecified atom stereocenters. The molecule has 0 aliphatic carbocycles. The van der Waals surface area contributed by atoms with E-state index in [0.717, 1.165) is 30.3 Å². The van der Waals surface area contributed by atoms with Crippen molar-refractivity contribution in [2.75, 3.05) is 13.7 Å². The molecule has 0 amide bonds. The summed E-state index contributed by atoms with van der Waals surface area (Å²) in [5.74, 6) is -0.181. The lowest BCUT2D eigenvalue weighted by molar-refractivity contribution is -0.150. The molecule has 1 aromatic rings. The number of hydrogen-bond acceptors (Lipinski definition) is 4. The normalized spacial score (nSPS) is 14.1. The molecule has 0 spiro atoms. The first-order valence-electron chi connectivity index (χ1n) is 6.56. The van der Waals surface area contributed by atoms with Gasteiger partial charge in [0.1, 0.15) is 5.54 Å². The number of nitrogens with zero attached hydrogens (tertiary/aromatic N) is 2. The summed E-state index contributed by atoms with van der Waals surface area (Å²) in [5, 5.41) is 7.26. The number of rotatable bonds is 8. The summed E-state index contributed by atoms with van der Waals surface area (Å²) in [6.45, 7) is 4.98. The van der Waals surface area contributed by atoms with Crippen LogP contribution in [0.4, 0.5) is 0 Å². The number of carbonyl (C=O) groups is 1. The summed E-state index contributed by atoms with van der Waals surface area (Å²) in [7, 11) is 1.79. The summed E-state index contributed by atoms with van der Waals surface area (Å²) in [6.07, 6.45) is 6.39. The van der Waals surface area contributed by atoms with Gasteiger partial charge < -0.3 is 10.1 Å². The summed E-state index contributed by atoms with van der Waals surface area (Å²) in [6, 6.07) is 0. The summed E-state index contributed by atoms with van der Waals surface area (Å²) < 4.78 is 7.97. The van der Waals surface area contributed by atoms with Crippen molar-refractivity contribution >= 4 is 21.9 Å². The van der Waals surface area contributed by atoms with Crippen molar-refractivity contribution in [1.82, 2.24) is 15.1 Å². The Morgan fingerprint density at radius 3 is 2.84 bits per heavy atom. The van der Waals surface area contributed by atoms with E-state index in [1.165, 1.54) is 0 Å². The molecule has 1 aromatic heterocycles. The molecule has 0 aliphatic rings. The molecule has 0 aromatic carbocycles. The van der Waals surface area contributed by atoms with Gasteiger partial charge in [-0.05, 0) is 56.1 Å². The summed E-state index contributed by atoms with van der Waals surface area (Å²) in [4.78, 5) is 11.9. The molecule has 1 N–H and O–H groups in total. The molecule has 1 heterocycles. The minimum atomic E-state index is -0.597. The number of likely N-dealkylation sites (N-methyl/N-ethyl adjacent to an activating group) is 1. The zero-order valence-corrected chi connectivity index (χ0v) is 13.4. The molecule has 0 bridgehead atoms. The summed E-state index contributed by atoms with van der Waals surface area (Å²) >= 11 is 3.37. The van der Waals surface area contributed by atoms with Crippen LogP contribution in [0, 0.1) is 0 Å². The predicted octanol–water partition coefficient (Wildman–Crippen LogP) is 2.36. The Kier molecular flexibility index (Phi) is 6.51. The third kappa shape index (κ3) is 4.95. The number of aryl methyl sites for hydroxylation is 1. The number of carbonyl (C=O) groups excluding carboxylic acids is 1. The standard InChI is InChI=1S/C13H22BrN3O2/c1-4-19-12(18)13(2,15-3)7-5-6-8-17-10-11(14)9-16-17/h9-10,15H,4-8H2,1-3H3. The molecule has 5 nitrogen and oxygen atoms in total. The third-order valence-corrected chi connectivity index (χ3v) is 3.60. The van der Waals surface area contributed by atoms with E-state index >= 15 is 0 Å². The first-order chi connectivity index (χ1) is 9.01. The van der Waals surface area contributed by atoms with Crippen molar-refractivity contribution in [3.63, 3.8) is 0 Å². The Balaban J connectivity index is 2.35. The van der Waals surface area contributed by atoms with Crippen LogP contribution in [-0.4, -0.2) is 34.9 Å². The average molecular weight is 332 g/mol. The molecule has 108 valence electrons. The molecule has 0 saturated carbocycles. The molecule has 0 radical (unpaired) electrons. The van der Waals surface area contributed by atoms with E-state index in [4.69, 9.17) is 4.74 Å². The number of ether oxygens (including phenoxy) is 1. The van der Waals surface area contributed by atoms with E-state index in [-0.39, 0.29) is 5.97 Å². The van der Waals surface area contributed by atoms with Crippen molar-refractivity contribution in [3.8, 4) is 0 Å². The predicted molar refractivity (Wildman–Crippen MR) is 77.9 cm³/mol. The van der Waals surface area contributed by atoms with E-state index in [2.05, 4.69) is 26.3 Å². The average Bonchev–Trinajstić information content (AvgIpc) is 2.80. The van der Waals surface area contributed by atoms with Gasteiger partial charge in [0, 0.05) is 12.7 Å². The highest BCUT2D eigenvalue weighted by Gasteiger charge is 2.32. The Bertz CT molecular complexity index is 408. The maximum atomic E-state index is 11.9. The minimum absolute atomic E-state index is 0.181. The smallest absolute Gasteiger partial charge is 0.326 e. The van der Waals surface area contributed by atoms with E-state index < -0.39 is 5.54 Å². The van der Waals surface area contributed by atoms with Crippen LogP contribution in [0.3, 0.4) is 0 Å². The van der Waals surface area contributed by atoms with Gasteiger partial charge in [0.05, 0.1) is 17.3 Å². The van der Waals surface area contributed by atoms with Crippen molar-refractivity contribution in [2.24, 2.45) is 0 Å². The lowest BCUT2D eigenvalue weighted by atomic mass is 9.95. The van der Waals surface area contributed by atoms with Crippen LogP contribution in [0.1, 0.15) is 33.1 Å². The van der Waals surface area contributed by atoms with E-state index in [9.17, 15) is 4.79 Å². The Labute approximate surface area is 122 Å². The molecular weight excluding hydrogens is 310 g/mol. The fraction of sp³-hybridized carbons (Fsp3) is 0.692. The Hall–Kier alpha value is -0.880. The maximum Gasteiger partial charge on any atom is 0.326 e.